The normalized spacial score (nSPS) is 12.8. The van der Waals surface area contributed by atoms with Gasteiger partial charge in [-0.2, -0.15) is 8.42 Å². The number of hydrogen-bond acceptors (Lipinski definition) is 6. The van der Waals surface area contributed by atoms with Crippen molar-refractivity contribution in [1.82, 2.24) is 0 Å². The van der Waals surface area contributed by atoms with E-state index in [0.29, 0.717) is 11.3 Å². The number of carbonyl (C=O) groups is 1. The van der Waals surface area contributed by atoms with Crippen molar-refractivity contribution in [3.63, 3.8) is 0 Å². The summed E-state index contributed by atoms with van der Waals surface area (Å²) in [6, 6.07) is 6.25. The molecule has 0 bridgehead atoms. The number of methoxy groups -OCH3 is 2. The second kappa shape index (κ2) is 5.83. The number of benzene rings is 1. The fourth-order valence-corrected chi connectivity index (χ4v) is 1.83. The summed E-state index contributed by atoms with van der Waals surface area (Å²) in [6.45, 7) is 0. The first-order chi connectivity index (χ1) is 8.37. The second-order valence-corrected chi connectivity index (χ2v) is 5.08. The quantitative estimate of drug-likeness (QED) is 0.586. The second-order valence-electron chi connectivity index (χ2n) is 3.48. The number of rotatable bonds is 5. The summed E-state index contributed by atoms with van der Waals surface area (Å²) in [7, 11) is -1.12. The minimum absolute atomic E-state index is 0.369. The summed E-state index contributed by atoms with van der Waals surface area (Å²) in [4.78, 5) is 11.5. The summed E-state index contributed by atoms with van der Waals surface area (Å²) in [5.41, 5.74) is 0.369. The van der Waals surface area contributed by atoms with E-state index < -0.39 is 22.2 Å². The van der Waals surface area contributed by atoms with Crippen LogP contribution in [0.1, 0.15) is 11.7 Å². The molecule has 7 heteroatoms. The molecular formula is C11H14O6S. The molecule has 0 aliphatic carbocycles. The maximum atomic E-state index is 11.5. The molecule has 0 amide bonds. The Bertz CT molecular complexity index is 505. The number of esters is 1. The highest BCUT2D eigenvalue weighted by Crippen LogP contribution is 2.23. The first-order valence-corrected chi connectivity index (χ1v) is 6.79. The van der Waals surface area contributed by atoms with Crippen molar-refractivity contribution in [3.05, 3.63) is 29.8 Å². The summed E-state index contributed by atoms with van der Waals surface area (Å²) >= 11 is 0. The van der Waals surface area contributed by atoms with Gasteiger partial charge in [0.25, 0.3) is 10.1 Å². The third-order valence-electron chi connectivity index (χ3n) is 2.10. The molecule has 0 aromatic heterocycles. The lowest BCUT2D eigenvalue weighted by molar-refractivity contribution is -0.149. The van der Waals surface area contributed by atoms with Crippen LogP contribution in [-0.4, -0.2) is 34.9 Å². The topological polar surface area (TPSA) is 78.9 Å². The molecule has 0 fully saturated rings. The Kier molecular flexibility index (Phi) is 4.69. The van der Waals surface area contributed by atoms with Crippen molar-refractivity contribution in [2.75, 3.05) is 20.5 Å². The molecule has 1 atom stereocenters. The van der Waals surface area contributed by atoms with Gasteiger partial charge >= 0.3 is 5.97 Å². The average Bonchev–Trinajstić information content (AvgIpc) is 2.34. The third kappa shape index (κ3) is 4.01. The minimum atomic E-state index is -3.77. The first kappa shape index (κ1) is 14.5. The number of hydrogen-bond donors (Lipinski definition) is 0. The highest BCUT2D eigenvalue weighted by atomic mass is 32.2. The predicted octanol–water partition coefficient (Wildman–Crippen LogP) is 0.886. The molecule has 100 valence electrons. The van der Waals surface area contributed by atoms with Gasteiger partial charge in [-0.05, 0) is 17.7 Å². The zero-order valence-corrected chi connectivity index (χ0v) is 11.1. The highest BCUT2D eigenvalue weighted by molar-refractivity contribution is 7.86. The van der Waals surface area contributed by atoms with E-state index >= 15 is 0 Å². The van der Waals surface area contributed by atoms with Crippen LogP contribution in [0.5, 0.6) is 5.75 Å². The van der Waals surface area contributed by atoms with Crippen molar-refractivity contribution in [1.29, 1.82) is 0 Å². The van der Waals surface area contributed by atoms with Crippen LogP contribution in [0.15, 0.2) is 24.3 Å². The van der Waals surface area contributed by atoms with Crippen LogP contribution in [0.2, 0.25) is 0 Å². The number of ether oxygens (including phenoxy) is 2. The van der Waals surface area contributed by atoms with Gasteiger partial charge in [0, 0.05) is 0 Å². The fraction of sp³-hybridized carbons (Fsp3) is 0.364. The summed E-state index contributed by atoms with van der Waals surface area (Å²) in [5, 5.41) is 0. The molecule has 1 unspecified atom stereocenters. The zero-order valence-electron chi connectivity index (χ0n) is 10.2. The van der Waals surface area contributed by atoms with Crippen molar-refractivity contribution >= 4 is 16.1 Å². The van der Waals surface area contributed by atoms with Crippen molar-refractivity contribution in [3.8, 4) is 5.75 Å². The van der Waals surface area contributed by atoms with Crippen molar-refractivity contribution in [2.45, 2.75) is 6.10 Å². The Morgan fingerprint density at radius 1 is 1.17 bits per heavy atom. The lowest BCUT2D eigenvalue weighted by Gasteiger charge is -2.14. The van der Waals surface area contributed by atoms with Crippen LogP contribution in [0, 0.1) is 0 Å². The molecule has 1 rings (SSSR count). The lowest BCUT2D eigenvalue weighted by atomic mass is 10.1. The van der Waals surface area contributed by atoms with Crippen LogP contribution < -0.4 is 4.74 Å². The van der Waals surface area contributed by atoms with E-state index in [-0.39, 0.29) is 0 Å². The van der Waals surface area contributed by atoms with Gasteiger partial charge < -0.3 is 9.47 Å². The number of carbonyl (C=O) groups excluding carboxylic acids is 1. The third-order valence-corrected chi connectivity index (χ3v) is 2.65. The molecule has 18 heavy (non-hydrogen) atoms. The Balaban J connectivity index is 3.05. The molecule has 0 aliphatic rings. The Morgan fingerprint density at radius 3 is 2.11 bits per heavy atom. The summed E-state index contributed by atoms with van der Waals surface area (Å²) in [5.74, 6) is -0.202. The van der Waals surface area contributed by atoms with Gasteiger partial charge in [0.15, 0.2) is 6.10 Å². The van der Waals surface area contributed by atoms with Gasteiger partial charge in [-0.1, -0.05) is 12.1 Å². The Morgan fingerprint density at radius 2 is 1.72 bits per heavy atom. The molecule has 0 radical (unpaired) electrons. The standard InChI is InChI=1S/C11H14O6S/c1-15-9-6-4-8(5-7-9)10(11(12)16-2)17-18(3,13)14/h4-7,10H,1-3H3. The summed E-state index contributed by atoms with van der Waals surface area (Å²) < 4.78 is 36.4. The first-order valence-electron chi connectivity index (χ1n) is 4.97. The summed E-state index contributed by atoms with van der Waals surface area (Å²) in [6.07, 6.45) is -0.442. The SMILES string of the molecule is COC(=O)C(OS(C)(=O)=O)c1ccc(OC)cc1. The lowest BCUT2D eigenvalue weighted by Crippen LogP contribution is -2.20. The Labute approximate surface area is 106 Å². The van der Waals surface area contributed by atoms with Crippen LogP contribution in [0.25, 0.3) is 0 Å². The molecule has 6 nitrogen and oxygen atoms in total. The van der Waals surface area contributed by atoms with Crippen LogP contribution >= 0.6 is 0 Å². The molecule has 0 heterocycles. The zero-order chi connectivity index (χ0) is 13.8. The predicted molar refractivity (Wildman–Crippen MR) is 63.7 cm³/mol. The van der Waals surface area contributed by atoms with Crippen molar-refractivity contribution < 1.29 is 26.9 Å². The molecular weight excluding hydrogens is 260 g/mol. The maximum Gasteiger partial charge on any atom is 0.341 e. The molecule has 0 saturated carbocycles. The van der Waals surface area contributed by atoms with Gasteiger partial charge in [-0.25, -0.2) is 4.79 Å². The van der Waals surface area contributed by atoms with E-state index in [1.165, 1.54) is 19.2 Å². The van der Waals surface area contributed by atoms with Crippen LogP contribution in [0.4, 0.5) is 0 Å². The molecule has 1 aromatic rings. The van der Waals surface area contributed by atoms with Gasteiger partial charge in [0.05, 0.1) is 20.5 Å². The van der Waals surface area contributed by atoms with E-state index in [0.717, 1.165) is 13.4 Å². The van der Waals surface area contributed by atoms with Gasteiger partial charge in [-0.3, -0.25) is 4.18 Å². The maximum absolute atomic E-state index is 11.5. The van der Waals surface area contributed by atoms with Crippen LogP contribution in [-0.2, 0) is 23.8 Å². The van der Waals surface area contributed by atoms with E-state index in [4.69, 9.17) is 8.92 Å². The smallest absolute Gasteiger partial charge is 0.341 e. The van der Waals surface area contributed by atoms with E-state index in [9.17, 15) is 13.2 Å². The highest BCUT2D eigenvalue weighted by Gasteiger charge is 2.26. The van der Waals surface area contributed by atoms with Gasteiger partial charge in [-0.15, -0.1) is 0 Å². The van der Waals surface area contributed by atoms with Crippen LogP contribution in [0.3, 0.4) is 0 Å². The fourth-order valence-electron chi connectivity index (χ4n) is 1.29. The monoisotopic (exact) mass is 274 g/mol. The largest absolute Gasteiger partial charge is 0.497 e. The van der Waals surface area contributed by atoms with Gasteiger partial charge in [0.1, 0.15) is 5.75 Å². The molecule has 0 spiro atoms. The molecule has 0 aliphatic heterocycles. The average molecular weight is 274 g/mol. The molecule has 0 saturated heterocycles. The Hall–Kier alpha value is -1.60. The molecule has 0 N–H and O–H groups in total. The molecule has 1 aromatic carbocycles. The van der Waals surface area contributed by atoms with E-state index in [2.05, 4.69) is 4.74 Å². The van der Waals surface area contributed by atoms with Gasteiger partial charge in [0.2, 0.25) is 0 Å². The minimum Gasteiger partial charge on any atom is -0.497 e. The van der Waals surface area contributed by atoms with Crippen molar-refractivity contribution in [2.24, 2.45) is 0 Å². The van der Waals surface area contributed by atoms with E-state index in [1.807, 2.05) is 0 Å². The van der Waals surface area contributed by atoms with E-state index in [1.54, 1.807) is 12.1 Å².